The molecule has 1 amide bonds. The molecule has 9 nitrogen and oxygen atoms in total. The number of rotatable bonds is 8. The van der Waals surface area contributed by atoms with Crippen LogP contribution in [0.5, 0.6) is 0 Å². The molecule has 166 valence electrons. The second-order valence-corrected chi connectivity index (χ2v) is 7.21. The van der Waals surface area contributed by atoms with E-state index >= 15 is 0 Å². The lowest BCUT2D eigenvalue weighted by molar-refractivity contribution is -0.384. The smallest absolute Gasteiger partial charge is 0.291 e. The summed E-state index contributed by atoms with van der Waals surface area (Å²) in [6, 6.07) is 18.8. The zero-order valence-electron chi connectivity index (χ0n) is 17.8. The predicted molar refractivity (Wildman–Crippen MR) is 124 cm³/mol. The minimum Gasteiger partial charge on any atom is -0.459 e. The van der Waals surface area contributed by atoms with Crippen LogP contribution in [0.25, 0.3) is 11.4 Å². The summed E-state index contributed by atoms with van der Waals surface area (Å²) in [4.78, 5) is 31.8. The van der Waals surface area contributed by atoms with Crippen LogP contribution < -0.4 is 10.6 Å². The molecule has 0 spiro atoms. The zero-order valence-corrected chi connectivity index (χ0v) is 17.8. The Kier molecular flexibility index (Phi) is 6.40. The van der Waals surface area contributed by atoms with Crippen molar-refractivity contribution < 1.29 is 14.1 Å². The Balaban J connectivity index is 1.48. The number of hydrogen-bond donors (Lipinski definition) is 2. The lowest BCUT2D eigenvalue weighted by Gasteiger charge is -2.11. The van der Waals surface area contributed by atoms with Crippen molar-refractivity contribution in [2.45, 2.75) is 19.9 Å². The second kappa shape index (κ2) is 9.73. The van der Waals surface area contributed by atoms with Crippen LogP contribution in [0, 0.1) is 10.1 Å². The Hall–Kier alpha value is -4.53. The molecule has 9 heteroatoms. The Morgan fingerprint density at radius 1 is 1.06 bits per heavy atom. The number of carbonyl (C=O) groups excluding carboxylic acids is 1. The van der Waals surface area contributed by atoms with E-state index in [9.17, 15) is 14.9 Å². The molecule has 4 aromatic rings. The maximum absolute atomic E-state index is 12.2. The van der Waals surface area contributed by atoms with Gasteiger partial charge in [0.1, 0.15) is 5.82 Å². The second-order valence-electron chi connectivity index (χ2n) is 7.21. The summed E-state index contributed by atoms with van der Waals surface area (Å²) in [5.74, 6) is 1.05. The van der Waals surface area contributed by atoms with Gasteiger partial charge in [-0.15, -0.1) is 0 Å². The van der Waals surface area contributed by atoms with E-state index in [1.807, 2.05) is 31.2 Å². The minimum absolute atomic E-state index is 0.0164. The number of carbonyl (C=O) groups is 1. The number of furan rings is 1. The molecule has 33 heavy (non-hydrogen) atoms. The van der Waals surface area contributed by atoms with E-state index in [0.29, 0.717) is 35.9 Å². The Bertz CT molecular complexity index is 1270. The van der Waals surface area contributed by atoms with Crippen LogP contribution in [0.15, 0.2) is 77.4 Å². The third-order valence-electron chi connectivity index (χ3n) is 4.88. The number of aromatic nitrogens is 2. The molecule has 2 aromatic heterocycles. The number of nitro benzene ring substituents is 1. The topological polar surface area (TPSA) is 123 Å². The summed E-state index contributed by atoms with van der Waals surface area (Å²) in [6.45, 7) is 2.47. The van der Waals surface area contributed by atoms with Crippen LogP contribution in [0.1, 0.15) is 28.7 Å². The van der Waals surface area contributed by atoms with Crippen LogP contribution in [-0.2, 0) is 13.0 Å². The molecule has 2 N–H and O–H groups in total. The molecule has 0 aliphatic carbocycles. The van der Waals surface area contributed by atoms with Crippen LogP contribution in [-0.4, -0.2) is 20.8 Å². The van der Waals surface area contributed by atoms with E-state index in [1.165, 1.54) is 18.4 Å². The first-order valence-corrected chi connectivity index (χ1v) is 10.3. The highest BCUT2D eigenvalue weighted by Gasteiger charge is 2.11. The van der Waals surface area contributed by atoms with Crippen LogP contribution in [0.3, 0.4) is 0 Å². The number of non-ortho nitro benzene ring substituents is 1. The summed E-state index contributed by atoms with van der Waals surface area (Å²) in [5, 5.41) is 17.0. The van der Waals surface area contributed by atoms with E-state index in [0.717, 1.165) is 11.3 Å². The highest BCUT2D eigenvalue weighted by molar-refractivity contribution is 6.02. The molecule has 0 aliphatic rings. The molecule has 0 fully saturated rings. The monoisotopic (exact) mass is 443 g/mol. The number of anilines is 2. The summed E-state index contributed by atoms with van der Waals surface area (Å²) < 4.78 is 5.12. The van der Waals surface area contributed by atoms with Crippen LogP contribution >= 0.6 is 0 Å². The van der Waals surface area contributed by atoms with E-state index in [4.69, 9.17) is 4.42 Å². The number of aryl methyl sites for hydroxylation is 1. The fourth-order valence-electron chi connectivity index (χ4n) is 3.18. The quantitative estimate of drug-likeness (QED) is 0.288. The Labute approximate surface area is 189 Å². The number of hydrogen-bond acceptors (Lipinski definition) is 7. The molecule has 0 saturated carbocycles. The molecule has 4 rings (SSSR count). The molecule has 0 unspecified atom stereocenters. The molecule has 2 aromatic carbocycles. The summed E-state index contributed by atoms with van der Waals surface area (Å²) >= 11 is 0. The van der Waals surface area contributed by atoms with Gasteiger partial charge < -0.3 is 15.1 Å². The van der Waals surface area contributed by atoms with Gasteiger partial charge in [0.15, 0.2) is 11.6 Å². The first-order chi connectivity index (χ1) is 16.0. The average Bonchev–Trinajstić information content (AvgIpc) is 3.38. The van der Waals surface area contributed by atoms with E-state index in [2.05, 4.69) is 20.6 Å². The van der Waals surface area contributed by atoms with Gasteiger partial charge in [-0.2, -0.15) is 0 Å². The van der Waals surface area contributed by atoms with Gasteiger partial charge in [-0.1, -0.05) is 19.1 Å². The highest BCUT2D eigenvalue weighted by Crippen LogP contribution is 2.22. The van der Waals surface area contributed by atoms with Crippen molar-refractivity contribution in [2.75, 3.05) is 10.6 Å². The average molecular weight is 443 g/mol. The number of nitrogens with zero attached hydrogens (tertiary/aromatic N) is 3. The summed E-state index contributed by atoms with van der Waals surface area (Å²) in [7, 11) is 0. The molecular formula is C24H21N5O4. The number of benzene rings is 2. The summed E-state index contributed by atoms with van der Waals surface area (Å²) in [5.41, 5.74) is 3.16. The molecule has 2 heterocycles. The van der Waals surface area contributed by atoms with Crippen molar-refractivity contribution in [3.63, 3.8) is 0 Å². The number of amides is 1. The Morgan fingerprint density at radius 2 is 1.88 bits per heavy atom. The van der Waals surface area contributed by atoms with Gasteiger partial charge in [0.25, 0.3) is 11.6 Å². The van der Waals surface area contributed by atoms with E-state index in [-0.39, 0.29) is 17.4 Å². The van der Waals surface area contributed by atoms with Crippen molar-refractivity contribution in [2.24, 2.45) is 0 Å². The minimum atomic E-state index is -0.439. The van der Waals surface area contributed by atoms with Gasteiger partial charge >= 0.3 is 0 Å². The van der Waals surface area contributed by atoms with Gasteiger partial charge in [-0.3, -0.25) is 14.9 Å². The zero-order chi connectivity index (χ0) is 23.2. The Morgan fingerprint density at radius 3 is 2.58 bits per heavy atom. The van der Waals surface area contributed by atoms with Gasteiger partial charge in [-0.05, 0) is 48.4 Å². The van der Waals surface area contributed by atoms with E-state index < -0.39 is 4.92 Å². The van der Waals surface area contributed by atoms with Gasteiger partial charge in [0, 0.05) is 41.7 Å². The van der Waals surface area contributed by atoms with Crippen LogP contribution in [0.4, 0.5) is 17.2 Å². The first-order valence-electron chi connectivity index (χ1n) is 10.3. The number of nitrogens with one attached hydrogen (secondary N) is 2. The third kappa shape index (κ3) is 5.40. The molecule has 0 saturated heterocycles. The van der Waals surface area contributed by atoms with Crippen molar-refractivity contribution in [1.29, 1.82) is 0 Å². The predicted octanol–water partition coefficient (Wildman–Crippen LogP) is 5.07. The number of nitro groups is 1. The normalized spacial score (nSPS) is 10.6. The molecule has 0 bridgehead atoms. The SMILES string of the molecule is CCc1cc(NCc2cccc(NC(=O)c3ccco3)c2)nc(-c2ccc([N+](=O)[O-])cc2)n1. The fourth-order valence-corrected chi connectivity index (χ4v) is 3.18. The molecule has 0 aliphatic heterocycles. The van der Waals surface area contributed by atoms with Crippen molar-refractivity contribution >= 4 is 23.1 Å². The van der Waals surface area contributed by atoms with Gasteiger partial charge in [0.2, 0.25) is 0 Å². The van der Waals surface area contributed by atoms with Crippen molar-refractivity contribution in [3.8, 4) is 11.4 Å². The fraction of sp³-hybridized carbons (Fsp3) is 0.125. The van der Waals surface area contributed by atoms with Crippen LogP contribution in [0.2, 0.25) is 0 Å². The van der Waals surface area contributed by atoms with Crippen molar-refractivity contribution in [1.82, 2.24) is 9.97 Å². The third-order valence-corrected chi connectivity index (χ3v) is 4.88. The first kappa shape index (κ1) is 21.7. The van der Waals surface area contributed by atoms with E-state index in [1.54, 1.807) is 30.3 Å². The molecule has 0 atom stereocenters. The van der Waals surface area contributed by atoms with Crippen molar-refractivity contribution in [3.05, 3.63) is 100 Å². The summed E-state index contributed by atoms with van der Waals surface area (Å²) in [6.07, 6.45) is 2.16. The maximum Gasteiger partial charge on any atom is 0.291 e. The van der Waals surface area contributed by atoms with Gasteiger partial charge in [0.05, 0.1) is 11.2 Å². The maximum atomic E-state index is 12.2. The largest absolute Gasteiger partial charge is 0.459 e. The van der Waals surface area contributed by atoms with Gasteiger partial charge in [-0.25, -0.2) is 9.97 Å². The standard InChI is InChI=1S/C24H21N5O4/c1-2-18-14-22(28-23(26-18)17-8-10-20(11-9-17)29(31)32)25-15-16-5-3-6-19(13-16)27-24(30)21-7-4-12-33-21/h3-14H,2,15H2,1H3,(H,27,30)(H,25,26,28). The lowest BCUT2D eigenvalue weighted by Crippen LogP contribution is -2.11. The molecule has 0 radical (unpaired) electrons. The molecular weight excluding hydrogens is 422 g/mol. The lowest BCUT2D eigenvalue weighted by atomic mass is 10.1. The highest BCUT2D eigenvalue weighted by atomic mass is 16.6.